The molecule has 0 spiro atoms. The molecule has 1 N–H and O–H groups in total. The number of anilines is 1. The molecule has 2 aromatic rings. The van der Waals surface area contributed by atoms with Crippen molar-refractivity contribution < 1.29 is 14.3 Å². The second-order valence-corrected chi connectivity index (χ2v) is 6.93. The first-order chi connectivity index (χ1) is 12.6. The van der Waals surface area contributed by atoms with Gasteiger partial charge in [0, 0.05) is 5.69 Å². The van der Waals surface area contributed by atoms with Crippen LogP contribution in [0.3, 0.4) is 0 Å². The fraction of sp³-hybridized carbons (Fsp3) is 0.381. The number of ether oxygens (including phenoxy) is 2. The number of hydrogen-bond acceptors (Lipinski definition) is 3. The van der Waals surface area contributed by atoms with E-state index in [1.54, 1.807) is 0 Å². The summed E-state index contributed by atoms with van der Waals surface area (Å²) in [5.41, 5.74) is 1.97. The minimum absolute atomic E-state index is 0.0412. The van der Waals surface area contributed by atoms with Gasteiger partial charge in [0.15, 0.2) is 6.61 Å². The highest BCUT2D eigenvalue weighted by Gasteiger charge is 2.07. The molecule has 0 saturated heterocycles. The van der Waals surface area contributed by atoms with Crippen LogP contribution in [0.5, 0.6) is 11.5 Å². The van der Waals surface area contributed by atoms with Crippen LogP contribution in [0.4, 0.5) is 5.69 Å². The molecule has 0 aliphatic carbocycles. The third-order valence-corrected chi connectivity index (χ3v) is 4.42. The first-order valence-corrected chi connectivity index (χ1v) is 9.85. The smallest absolute Gasteiger partial charge is 0.262 e. The molecule has 0 atom stereocenters. The predicted molar refractivity (Wildman–Crippen MR) is 109 cm³/mol. The van der Waals surface area contributed by atoms with Gasteiger partial charge in [-0.05, 0) is 70.7 Å². The van der Waals surface area contributed by atoms with Crippen molar-refractivity contribution in [1.82, 2.24) is 0 Å². The van der Waals surface area contributed by atoms with E-state index in [9.17, 15) is 4.79 Å². The molecule has 2 aromatic carbocycles. The molecule has 0 fully saturated rings. The van der Waals surface area contributed by atoms with Crippen LogP contribution < -0.4 is 14.8 Å². The lowest BCUT2D eigenvalue weighted by atomic mass is 10.1. The van der Waals surface area contributed by atoms with Gasteiger partial charge in [-0.3, -0.25) is 4.79 Å². The summed E-state index contributed by atoms with van der Waals surface area (Å²) in [6.45, 7) is 4.94. The summed E-state index contributed by atoms with van der Waals surface area (Å²) in [6, 6.07) is 13.3. The Bertz CT molecular complexity index is 701. The standard InChI is InChI=1S/C21H26BrNO3/c1-3-5-13-25-18-10-8-17(9-11-18)23-21(24)15-26-20-12-7-16(6-4-2)14-19(20)22/h7-12,14H,3-6,13,15H2,1-2H3,(H,23,24). The summed E-state index contributed by atoms with van der Waals surface area (Å²) in [5, 5.41) is 2.82. The average molecular weight is 420 g/mol. The van der Waals surface area contributed by atoms with Gasteiger partial charge >= 0.3 is 0 Å². The molecule has 4 nitrogen and oxygen atoms in total. The second kappa shape index (κ2) is 10.9. The largest absolute Gasteiger partial charge is 0.494 e. The SMILES string of the molecule is CCCCOc1ccc(NC(=O)COc2ccc(CCC)cc2Br)cc1. The van der Waals surface area contributed by atoms with Gasteiger partial charge in [0.05, 0.1) is 11.1 Å². The van der Waals surface area contributed by atoms with Gasteiger partial charge in [0.1, 0.15) is 11.5 Å². The van der Waals surface area contributed by atoms with Crippen LogP contribution in [0.2, 0.25) is 0 Å². The van der Waals surface area contributed by atoms with Crippen LogP contribution in [-0.2, 0) is 11.2 Å². The fourth-order valence-corrected chi connectivity index (χ4v) is 2.96. The molecule has 26 heavy (non-hydrogen) atoms. The van der Waals surface area contributed by atoms with E-state index in [1.807, 2.05) is 42.5 Å². The summed E-state index contributed by atoms with van der Waals surface area (Å²) < 4.78 is 12.1. The molecule has 0 saturated carbocycles. The van der Waals surface area contributed by atoms with E-state index in [0.29, 0.717) is 12.4 Å². The molecule has 0 heterocycles. The van der Waals surface area contributed by atoms with Gasteiger partial charge < -0.3 is 14.8 Å². The first kappa shape index (κ1) is 20.3. The Labute approximate surface area is 164 Å². The number of rotatable bonds is 10. The lowest BCUT2D eigenvalue weighted by Gasteiger charge is -2.11. The topological polar surface area (TPSA) is 47.6 Å². The molecule has 140 valence electrons. The van der Waals surface area contributed by atoms with Crippen molar-refractivity contribution in [2.24, 2.45) is 0 Å². The second-order valence-electron chi connectivity index (χ2n) is 6.08. The molecule has 0 aliphatic heterocycles. The number of benzene rings is 2. The van der Waals surface area contributed by atoms with Crippen LogP contribution in [0, 0.1) is 0 Å². The van der Waals surface area contributed by atoms with Crippen molar-refractivity contribution in [2.75, 3.05) is 18.5 Å². The Balaban J connectivity index is 1.81. The quantitative estimate of drug-likeness (QED) is 0.509. The van der Waals surface area contributed by atoms with Crippen molar-refractivity contribution in [3.8, 4) is 11.5 Å². The van der Waals surface area contributed by atoms with E-state index in [4.69, 9.17) is 9.47 Å². The highest BCUT2D eigenvalue weighted by molar-refractivity contribution is 9.10. The molecule has 5 heteroatoms. The van der Waals surface area contributed by atoms with Gasteiger partial charge in [-0.15, -0.1) is 0 Å². The van der Waals surface area contributed by atoms with Crippen molar-refractivity contribution in [3.63, 3.8) is 0 Å². The van der Waals surface area contributed by atoms with Crippen LogP contribution in [0.15, 0.2) is 46.9 Å². The Hall–Kier alpha value is -2.01. The minimum Gasteiger partial charge on any atom is -0.494 e. The number of carbonyl (C=O) groups excluding carboxylic acids is 1. The fourth-order valence-electron chi connectivity index (χ4n) is 2.41. The van der Waals surface area contributed by atoms with Gasteiger partial charge in [-0.2, -0.15) is 0 Å². The van der Waals surface area contributed by atoms with Crippen LogP contribution >= 0.6 is 15.9 Å². The summed E-state index contributed by atoms with van der Waals surface area (Å²) >= 11 is 3.50. The maximum atomic E-state index is 12.1. The van der Waals surface area contributed by atoms with Crippen molar-refractivity contribution in [2.45, 2.75) is 39.5 Å². The Kier molecular flexibility index (Phi) is 8.48. The van der Waals surface area contributed by atoms with E-state index in [1.165, 1.54) is 5.56 Å². The number of aryl methyl sites for hydroxylation is 1. The maximum absolute atomic E-state index is 12.1. The third-order valence-electron chi connectivity index (χ3n) is 3.80. The molecule has 0 unspecified atom stereocenters. The van der Waals surface area contributed by atoms with Gasteiger partial charge in [0.2, 0.25) is 0 Å². The number of hydrogen-bond donors (Lipinski definition) is 1. The molecule has 0 aliphatic rings. The molecule has 0 radical (unpaired) electrons. The lowest BCUT2D eigenvalue weighted by Crippen LogP contribution is -2.20. The summed E-state index contributed by atoms with van der Waals surface area (Å²) in [6.07, 6.45) is 4.26. The van der Waals surface area contributed by atoms with E-state index in [0.717, 1.165) is 41.6 Å². The molecule has 0 bridgehead atoms. The Morgan fingerprint density at radius 2 is 1.81 bits per heavy atom. The number of unbranched alkanes of at least 4 members (excludes halogenated alkanes) is 1. The highest BCUT2D eigenvalue weighted by Crippen LogP contribution is 2.26. The first-order valence-electron chi connectivity index (χ1n) is 9.06. The van der Waals surface area contributed by atoms with Crippen LogP contribution in [0.25, 0.3) is 0 Å². The summed E-state index contributed by atoms with van der Waals surface area (Å²) in [7, 11) is 0. The number of carbonyl (C=O) groups is 1. The Morgan fingerprint density at radius 3 is 2.46 bits per heavy atom. The number of amides is 1. The zero-order valence-corrected chi connectivity index (χ0v) is 17.0. The van der Waals surface area contributed by atoms with Crippen LogP contribution in [0.1, 0.15) is 38.7 Å². The zero-order valence-electron chi connectivity index (χ0n) is 15.4. The number of halogens is 1. The van der Waals surface area contributed by atoms with Crippen molar-refractivity contribution >= 4 is 27.5 Å². The van der Waals surface area contributed by atoms with E-state index in [2.05, 4.69) is 35.1 Å². The van der Waals surface area contributed by atoms with Crippen molar-refractivity contribution in [1.29, 1.82) is 0 Å². The highest BCUT2D eigenvalue weighted by atomic mass is 79.9. The molecule has 0 aromatic heterocycles. The molecule has 1 amide bonds. The average Bonchev–Trinajstić information content (AvgIpc) is 2.63. The normalized spacial score (nSPS) is 10.4. The zero-order chi connectivity index (χ0) is 18.8. The van der Waals surface area contributed by atoms with E-state index >= 15 is 0 Å². The number of nitrogens with one attached hydrogen (secondary N) is 1. The summed E-state index contributed by atoms with van der Waals surface area (Å²) in [4.78, 5) is 12.1. The maximum Gasteiger partial charge on any atom is 0.262 e. The van der Waals surface area contributed by atoms with Crippen molar-refractivity contribution in [3.05, 3.63) is 52.5 Å². The lowest BCUT2D eigenvalue weighted by molar-refractivity contribution is -0.118. The van der Waals surface area contributed by atoms with Gasteiger partial charge in [-0.1, -0.05) is 32.8 Å². The molecular weight excluding hydrogens is 394 g/mol. The third kappa shape index (κ3) is 6.71. The van der Waals surface area contributed by atoms with Crippen LogP contribution in [-0.4, -0.2) is 19.1 Å². The minimum atomic E-state index is -0.200. The summed E-state index contributed by atoms with van der Waals surface area (Å²) in [5.74, 6) is 1.28. The van der Waals surface area contributed by atoms with Gasteiger partial charge in [0.25, 0.3) is 5.91 Å². The molecule has 2 rings (SSSR count). The Morgan fingerprint density at radius 1 is 1.04 bits per heavy atom. The monoisotopic (exact) mass is 419 g/mol. The van der Waals surface area contributed by atoms with Gasteiger partial charge in [-0.25, -0.2) is 0 Å². The molecular formula is C21H26BrNO3. The van der Waals surface area contributed by atoms with E-state index < -0.39 is 0 Å². The predicted octanol–water partition coefficient (Wildman–Crippen LogP) is 5.60. The van der Waals surface area contributed by atoms with E-state index in [-0.39, 0.29) is 12.5 Å².